The molecule has 1 aliphatic heterocycles. The first-order valence-corrected chi connectivity index (χ1v) is 5.89. The number of nitrogens with one attached hydrogen (secondary N) is 1. The van der Waals surface area contributed by atoms with Gasteiger partial charge in [-0.3, -0.25) is 9.59 Å². The summed E-state index contributed by atoms with van der Waals surface area (Å²) in [5, 5.41) is 11.7. The number of nitrogens with zero attached hydrogens (tertiary/aromatic N) is 1. The van der Waals surface area contributed by atoms with Crippen LogP contribution in [0.15, 0.2) is 0 Å². The minimum Gasteiger partial charge on any atom is -0.481 e. The number of carboxylic acids is 1. The van der Waals surface area contributed by atoms with E-state index in [9.17, 15) is 14.4 Å². The average molecular weight is 257 g/mol. The Labute approximate surface area is 105 Å². The molecule has 7 heteroatoms. The van der Waals surface area contributed by atoms with Crippen LogP contribution in [0.3, 0.4) is 0 Å². The molecule has 3 amide bonds. The summed E-state index contributed by atoms with van der Waals surface area (Å²) in [5.74, 6) is -1.37. The lowest BCUT2D eigenvalue weighted by molar-refractivity contribution is -0.150. The number of urea groups is 1. The highest BCUT2D eigenvalue weighted by Crippen LogP contribution is 2.29. The van der Waals surface area contributed by atoms with Gasteiger partial charge in [-0.15, -0.1) is 0 Å². The van der Waals surface area contributed by atoms with E-state index in [0.29, 0.717) is 19.4 Å². The standard InChI is InChI=1S/C11H19N3O4/c1-11(9(16)17)4-2-6-14(7-11)10(18)13-5-3-8(12)15/h2-7H2,1H3,(H2,12,15)(H,13,18)(H,16,17). The molecule has 4 N–H and O–H groups in total. The van der Waals surface area contributed by atoms with Gasteiger partial charge in [-0.2, -0.15) is 0 Å². The molecule has 0 aromatic heterocycles. The van der Waals surface area contributed by atoms with Crippen molar-refractivity contribution in [3.8, 4) is 0 Å². The lowest BCUT2D eigenvalue weighted by Gasteiger charge is -2.37. The quantitative estimate of drug-likeness (QED) is 0.645. The lowest BCUT2D eigenvalue weighted by atomic mass is 9.82. The van der Waals surface area contributed by atoms with Crippen molar-refractivity contribution in [2.45, 2.75) is 26.2 Å². The number of piperidine rings is 1. The van der Waals surface area contributed by atoms with Gasteiger partial charge in [0.15, 0.2) is 0 Å². The van der Waals surface area contributed by atoms with Crippen LogP contribution in [0, 0.1) is 5.41 Å². The van der Waals surface area contributed by atoms with Crippen LogP contribution >= 0.6 is 0 Å². The molecule has 0 saturated carbocycles. The predicted octanol–water partition coefficient (Wildman–Crippen LogP) is -0.242. The summed E-state index contributed by atoms with van der Waals surface area (Å²) in [5.41, 5.74) is 4.07. The summed E-state index contributed by atoms with van der Waals surface area (Å²) < 4.78 is 0. The molecule has 18 heavy (non-hydrogen) atoms. The zero-order valence-electron chi connectivity index (χ0n) is 10.4. The van der Waals surface area contributed by atoms with Crippen molar-refractivity contribution in [2.24, 2.45) is 11.1 Å². The van der Waals surface area contributed by atoms with E-state index in [1.54, 1.807) is 6.92 Å². The molecule has 0 aliphatic carbocycles. The number of carbonyl (C=O) groups excluding carboxylic acids is 2. The number of nitrogens with two attached hydrogens (primary N) is 1. The maximum Gasteiger partial charge on any atom is 0.317 e. The van der Waals surface area contributed by atoms with E-state index >= 15 is 0 Å². The molecule has 1 atom stereocenters. The van der Waals surface area contributed by atoms with E-state index in [1.807, 2.05) is 0 Å². The smallest absolute Gasteiger partial charge is 0.317 e. The fraction of sp³-hybridized carbons (Fsp3) is 0.727. The molecular formula is C11H19N3O4. The summed E-state index contributed by atoms with van der Waals surface area (Å²) in [6, 6.07) is -0.344. The van der Waals surface area contributed by atoms with E-state index in [1.165, 1.54) is 4.90 Å². The van der Waals surface area contributed by atoms with Crippen LogP contribution in [-0.2, 0) is 9.59 Å². The van der Waals surface area contributed by atoms with Gasteiger partial charge in [-0.25, -0.2) is 4.79 Å². The molecule has 0 spiro atoms. The van der Waals surface area contributed by atoms with Gasteiger partial charge >= 0.3 is 12.0 Å². The molecule has 0 bridgehead atoms. The highest BCUT2D eigenvalue weighted by molar-refractivity contribution is 5.79. The predicted molar refractivity (Wildman–Crippen MR) is 63.8 cm³/mol. The Balaban J connectivity index is 2.48. The fourth-order valence-electron chi connectivity index (χ4n) is 1.99. The van der Waals surface area contributed by atoms with Crippen molar-refractivity contribution >= 4 is 17.9 Å². The zero-order valence-corrected chi connectivity index (χ0v) is 10.4. The van der Waals surface area contributed by atoms with E-state index in [-0.39, 0.29) is 25.5 Å². The van der Waals surface area contributed by atoms with E-state index in [4.69, 9.17) is 10.8 Å². The van der Waals surface area contributed by atoms with E-state index in [0.717, 1.165) is 0 Å². The highest BCUT2D eigenvalue weighted by Gasteiger charge is 2.39. The number of primary amides is 1. The van der Waals surface area contributed by atoms with Gasteiger partial charge in [0.05, 0.1) is 5.41 Å². The Hall–Kier alpha value is -1.79. The van der Waals surface area contributed by atoms with Gasteiger partial charge in [0.2, 0.25) is 5.91 Å². The van der Waals surface area contributed by atoms with E-state index < -0.39 is 17.3 Å². The number of amides is 3. The summed E-state index contributed by atoms with van der Waals surface area (Å²) >= 11 is 0. The van der Waals surface area contributed by atoms with Crippen LogP contribution in [-0.4, -0.2) is 47.5 Å². The molecule has 1 fully saturated rings. The highest BCUT2D eigenvalue weighted by atomic mass is 16.4. The second kappa shape index (κ2) is 5.70. The Morgan fingerprint density at radius 1 is 1.44 bits per heavy atom. The minimum atomic E-state index is -0.892. The number of hydrogen-bond donors (Lipinski definition) is 3. The number of rotatable bonds is 4. The van der Waals surface area contributed by atoms with Gasteiger partial charge in [-0.05, 0) is 19.8 Å². The molecule has 1 rings (SSSR count). The first-order chi connectivity index (χ1) is 8.35. The number of hydrogen-bond acceptors (Lipinski definition) is 3. The SMILES string of the molecule is CC1(C(=O)O)CCCN(C(=O)NCCC(N)=O)C1. The lowest BCUT2D eigenvalue weighted by Crippen LogP contribution is -2.51. The van der Waals surface area contributed by atoms with Crippen molar-refractivity contribution < 1.29 is 19.5 Å². The Morgan fingerprint density at radius 2 is 2.11 bits per heavy atom. The van der Waals surface area contributed by atoms with Gasteiger partial charge in [0.25, 0.3) is 0 Å². The van der Waals surface area contributed by atoms with Crippen molar-refractivity contribution in [2.75, 3.05) is 19.6 Å². The molecule has 0 radical (unpaired) electrons. The van der Waals surface area contributed by atoms with Crippen LogP contribution in [0.5, 0.6) is 0 Å². The molecule has 102 valence electrons. The molecule has 1 unspecified atom stereocenters. The summed E-state index contributed by atoms with van der Waals surface area (Å²) in [7, 11) is 0. The summed E-state index contributed by atoms with van der Waals surface area (Å²) in [6.07, 6.45) is 1.30. The molecular weight excluding hydrogens is 238 g/mol. The Bertz CT molecular complexity index is 358. The van der Waals surface area contributed by atoms with Gasteiger partial charge in [0.1, 0.15) is 0 Å². The molecule has 1 saturated heterocycles. The largest absolute Gasteiger partial charge is 0.481 e. The van der Waals surface area contributed by atoms with Crippen molar-refractivity contribution in [1.29, 1.82) is 0 Å². The van der Waals surface area contributed by atoms with Crippen molar-refractivity contribution in [1.82, 2.24) is 10.2 Å². The molecule has 1 aliphatic rings. The molecule has 0 aromatic carbocycles. The second-order valence-corrected chi connectivity index (χ2v) is 4.84. The van der Waals surface area contributed by atoms with Crippen molar-refractivity contribution in [3.05, 3.63) is 0 Å². The van der Waals surface area contributed by atoms with Crippen LogP contribution < -0.4 is 11.1 Å². The fourth-order valence-corrected chi connectivity index (χ4v) is 1.99. The van der Waals surface area contributed by atoms with Crippen LogP contribution in [0.25, 0.3) is 0 Å². The Morgan fingerprint density at radius 3 is 2.67 bits per heavy atom. The first kappa shape index (κ1) is 14.3. The van der Waals surface area contributed by atoms with E-state index in [2.05, 4.69) is 5.32 Å². The Kier molecular flexibility index (Phi) is 4.52. The first-order valence-electron chi connectivity index (χ1n) is 5.89. The third kappa shape index (κ3) is 3.61. The third-order valence-electron chi connectivity index (χ3n) is 3.15. The topological polar surface area (TPSA) is 113 Å². The summed E-state index contributed by atoms with van der Waals surface area (Å²) in [4.78, 5) is 34.9. The average Bonchev–Trinajstić information content (AvgIpc) is 2.28. The zero-order chi connectivity index (χ0) is 13.8. The number of carbonyl (C=O) groups is 3. The van der Waals surface area contributed by atoms with Gasteiger partial charge in [0, 0.05) is 26.1 Å². The van der Waals surface area contributed by atoms with Crippen molar-refractivity contribution in [3.63, 3.8) is 0 Å². The van der Waals surface area contributed by atoms with Crippen LogP contribution in [0.4, 0.5) is 4.79 Å². The monoisotopic (exact) mass is 257 g/mol. The normalized spacial score (nSPS) is 23.5. The van der Waals surface area contributed by atoms with Crippen LogP contribution in [0.1, 0.15) is 26.2 Å². The minimum absolute atomic E-state index is 0.0791. The van der Waals surface area contributed by atoms with Crippen LogP contribution in [0.2, 0.25) is 0 Å². The molecule has 0 aromatic rings. The maximum absolute atomic E-state index is 11.8. The molecule has 7 nitrogen and oxygen atoms in total. The summed E-state index contributed by atoms with van der Waals surface area (Å²) in [6.45, 7) is 2.53. The second-order valence-electron chi connectivity index (χ2n) is 4.84. The third-order valence-corrected chi connectivity index (χ3v) is 3.15. The van der Waals surface area contributed by atoms with Gasteiger partial charge in [-0.1, -0.05) is 0 Å². The number of carboxylic acid groups (broad SMARTS) is 1. The molecule has 1 heterocycles. The number of aliphatic carboxylic acids is 1. The van der Waals surface area contributed by atoms with Gasteiger partial charge < -0.3 is 21.1 Å². The number of likely N-dealkylation sites (tertiary alicyclic amines) is 1. The maximum atomic E-state index is 11.8.